The van der Waals surface area contributed by atoms with Crippen molar-refractivity contribution in [2.24, 2.45) is 16.2 Å². The number of benzene rings is 1. The molecule has 0 N–H and O–H groups in total. The molecule has 0 aromatic heterocycles. The Kier molecular flexibility index (Phi) is 5.96. The van der Waals surface area contributed by atoms with E-state index < -0.39 is 10.0 Å². The number of hydrogen-bond acceptors (Lipinski definition) is 2. The van der Waals surface area contributed by atoms with E-state index in [2.05, 4.69) is 16.2 Å². The molecule has 1 aromatic carbocycles. The fraction of sp³-hybridized carbons (Fsp3) is 0.611. The summed E-state index contributed by atoms with van der Waals surface area (Å²) in [6.07, 6.45) is 6.65. The van der Waals surface area contributed by atoms with Crippen molar-refractivity contribution in [1.29, 1.82) is 0 Å². The highest BCUT2D eigenvalue weighted by molar-refractivity contribution is 7.90. The summed E-state index contributed by atoms with van der Waals surface area (Å²) in [4.78, 5) is 2.28. The third kappa shape index (κ3) is 4.32. The first kappa shape index (κ1) is 19.0. The summed E-state index contributed by atoms with van der Waals surface area (Å²) in [6, 6.07) is 4.36. The van der Waals surface area contributed by atoms with E-state index in [0.29, 0.717) is 10.9 Å². The van der Waals surface area contributed by atoms with Crippen LogP contribution in [0.15, 0.2) is 27.5 Å². The molecule has 1 heterocycles. The standard InChI is InChI=1S/C18H24Cl2N2O2S/c1-13-6-5-7-15(13)18(22-10-3-2-4-11-22)21-25(23,24)14-8-9-16(19)17(20)12-14/h8-9,12-13,15H,2-7,10-11H2,1H3/b21-18+. The highest BCUT2D eigenvalue weighted by atomic mass is 35.5. The molecule has 0 spiro atoms. The fourth-order valence-corrected chi connectivity index (χ4v) is 5.30. The first-order valence-electron chi connectivity index (χ1n) is 8.93. The Balaban J connectivity index is 1.99. The van der Waals surface area contributed by atoms with Gasteiger partial charge in [0.25, 0.3) is 10.0 Å². The third-order valence-electron chi connectivity index (χ3n) is 5.28. The minimum absolute atomic E-state index is 0.0991. The highest BCUT2D eigenvalue weighted by Crippen LogP contribution is 2.35. The van der Waals surface area contributed by atoms with Gasteiger partial charge in [-0.05, 0) is 56.2 Å². The number of amidine groups is 1. The molecule has 1 aliphatic carbocycles. The van der Waals surface area contributed by atoms with E-state index in [1.807, 2.05) is 0 Å². The van der Waals surface area contributed by atoms with Gasteiger partial charge < -0.3 is 4.90 Å². The van der Waals surface area contributed by atoms with Gasteiger partial charge in [-0.3, -0.25) is 0 Å². The predicted octanol–water partition coefficient (Wildman–Crippen LogP) is 5.00. The topological polar surface area (TPSA) is 49.7 Å². The van der Waals surface area contributed by atoms with Crippen molar-refractivity contribution >= 4 is 39.1 Å². The van der Waals surface area contributed by atoms with Gasteiger partial charge >= 0.3 is 0 Å². The van der Waals surface area contributed by atoms with Crippen molar-refractivity contribution in [3.8, 4) is 0 Å². The van der Waals surface area contributed by atoms with Crippen LogP contribution in [0.25, 0.3) is 0 Å². The predicted molar refractivity (Wildman–Crippen MR) is 103 cm³/mol. The van der Waals surface area contributed by atoms with E-state index in [-0.39, 0.29) is 15.8 Å². The van der Waals surface area contributed by atoms with Gasteiger partial charge in [-0.1, -0.05) is 36.5 Å². The van der Waals surface area contributed by atoms with Crippen LogP contribution in [0.2, 0.25) is 10.0 Å². The van der Waals surface area contributed by atoms with Crippen LogP contribution in [-0.2, 0) is 10.0 Å². The Bertz CT molecular complexity index is 758. The van der Waals surface area contributed by atoms with Gasteiger partial charge in [0, 0.05) is 19.0 Å². The molecule has 138 valence electrons. The maximum Gasteiger partial charge on any atom is 0.284 e. The molecule has 1 aromatic rings. The summed E-state index contributed by atoms with van der Waals surface area (Å²) in [5.74, 6) is 1.43. The Labute approximate surface area is 160 Å². The molecule has 2 aliphatic rings. The summed E-state index contributed by atoms with van der Waals surface area (Å²) in [5.41, 5.74) is 0. The lowest BCUT2D eigenvalue weighted by molar-refractivity contribution is 0.317. The van der Waals surface area contributed by atoms with Gasteiger partial charge in [-0.2, -0.15) is 8.42 Å². The molecule has 4 nitrogen and oxygen atoms in total. The molecule has 0 radical (unpaired) electrons. The van der Waals surface area contributed by atoms with Gasteiger partial charge in [0.05, 0.1) is 14.9 Å². The van der Waals surface area contributed by atoms with Gasteiger partial charge in [0.1, 0.15) is 5.84 Å². The van der Waals surface area contributed by atoms with Crippen molar-refractivity contribution in [2.45, 2.75) is 50.3 Å². The Morgan fingerprint density at radius 3 is 2.40 bits per heavy atom. The third-order valence-corrected chi connectivity index (χ3v) is 7.29. The second-order valence-electron chi connectivity index (χ2n) is 7.06. The van der Waals surface area contributed by atoms with Crippen LogP contribution < -0.4 is 0 Å². The minimum Gasteiger partial charge on any atom is -0.359 e. The summed E-state index contributed by atoms with van der Waals surface area (Å²) < 4.78 is 30.1. The summed E-state index contributed by atoms with van der Waals surface area (Å²) in [7, 11) is -3.81. The zero-order valence-corrected chi connectivity index (χ0v) is 16.7. The maximum atomic E-state index is 12.9. The fourth-order valence-electron chi connectivity index (χ4n) is 3.83. The van der Waals surface area contributed by atoms with Crippen LogP contribution in [0.5, 0.6) is 0 Å². The quantitative estimate of drug-likeness (QED) is 0.527. The van der Waals surface area contributed by atoms with Crippen molar-refractivity contribution in [1.82, 2.24) is 4.90 Å². The second kappa shape index (κ2) is 7.85. The number of halogens is 2. The molecule has 25 heavy (non-hydrogen) atoms. The summed E-state index contributed by atoms with van der Waals surface area (Å²) in [6.45, 7) is 3.97. The molecule has 1 saturated carbocycles. The second-order valence-corrected chi connectivity index (χ2v) is 9.48. The number of hydrogen-bond donors (Lipinski definition) is 0. The SMILES string of the molecule is CC1CCCC1/C(=N\S(=O)(=O)c1ccc(Cl)c(Cl)c1)N1CCCCC1. The molecule has 1 saturated heterocycles. The lowest BCUT2D eigenvalue weighted by Crippen LogP contribution is -2.41. The molecular formula is C18H24Cl2N2O2S. The highest BCUT2D eigenvalue weighted by Gasteiger charge is 2.33. The lowest BCUT2D eigenvalue weighted by atomic mass is 9.95. The van der Waals surface area contributed by atoms with Crippen LogP contribution >= 0.6 is 23.2 Å². The number of likely N-dealkylation sites (tertiary alicyclic amines) is 1. The van der Waals surface area contributed by atoms with E-state index in [1.54, 1.807) is 0 Å². The number of rotatable bonds is 3. The monoisotopic (exact) mass is 402 g/mol. The largest absolute Gasteiger partial charge is 0.359 e. The normalized spacial score (nSPS) is 25.4. The summed E-state index contributed by atoms with van der Waals surface area (Å²) in [5, 5.41) is 0.567. The van der Waals surface area contributed by atoms with Crippen LogP contribution in [0.3, 0.4) is 0 Å². The van der Waals surface area contributed by atoms with Crippen LogP contribution in [0.1, 0.15) is 45.4 Å². The molecule has 0 amide bonds. The molecule has 7 heteroatoms. The van der Waals surface area contributed by atoms with Crippen LogP contribution in [-0.4, -0.2) is 32.2 Å². The average Bonchev–Trinajstić information content (AvgIpc) is 3.02. The van der Waals surface area contributed by atoms with Crippen LogP contribution in [0.4, 0.5) is 0 Å². The van der Waals surface area contributed by atoms with Crippen molar-refractivity contribution in [3.63, 3.8) is 0 Å². The van der Waals surface area contributed by atoms with Gasteiger partial charge in [-0.25, -0.2) is 0 Å². The maximum absolute atomic E-state index is 12.9. The van der Waals surface area contributed by atoms with Crippen molar-refractivity contribution < 1.29 is 8.42 Å². The molecule has 2 fully saturated rings. The first-order chi connectivity index (χ1) is 11.9. The zero-order valence-electron chi connectivity index (χ0n) is 14.4. The molecule has 0 bridgehead atoms. The zero-order chi connectivity index (χ0) is 18.0. The van der Waals surface area contributed by atoms with Gasteiger partial charge in [0.15, 0.2) is 0 Å². The van der Waals surface area contributed by atoms with Crippen molar-refractivity contribution in [3.05, 3.63) is 28.2 Å². The summed E-state index contributed by atoms with van der Waals surface area (Å²) >= 11 is 11.9. The van der Waals surface area contributed by atoms with E-state index in [1.165, 1.54) is 24.6 Å². The molecule has 2 unspecified atom stereocenters. The number of piperidine rings is 1. The average molecular weight is 403 g/mol. The molecule has 2 atom stereocenters. The van der Waals surface area contributed by atoms with E-state index in [4.69, 9.17) is 23.2 Å². The lowest BCUT2D eigenvalue weighted by Gasteiger charge is -2.33. The smallest absolute Gasteiger partial charge is 0.284 e. The van der Waals surface area contributed by atoms with Crippen LogP contribution in [0, 0.1) is 11.8 Å². The minimum atomic E-state index is -3.81. The Hall–Kier alpha value is -0.780. The molecular weight excluding hydrogens is 379 g/mol. The first-order valence-corrected chi connectivity index (χ1v) is 11.1. The molecule has 3 rings (SSSR count). The Morgan fingerprint density at radius 2 is 1.80 bits per heavy atom. The van der Waals surface area contributed by atoms with E-state index >= 15 is 0 Å². The van der Waals surface area contributed by atoms with Crippen molar-refractivity contribution in [2.75, 3.05) is 13.1 Å². The number of sulfonamides is 1. The van der Waals surface area contributed by atoms with Gasteiger partial charge in [0.2, 0.25) is 0 Å². The van der Waals surface area contributed by atoms with E-state index in [0.717, 1.165) is 51.0 Å². The number of nitrogens with zero attached hydrogens (tertiary/aromatic N) is 2. The Morgan fingerprint density at radius 1 is 1.08 bits per heavy atom. The van der Waals surface area contributed by atoms with Gasteiger partial charge in [-0.15, -0.1) is 4.40 Å². The van der Waals surface area contributed by atoms with E-state index in [9.17, 15) is 8.42 Å². The molecule has 1 aliphatic heterocycles.